The van der Waals surface area contributed by atoms with Gasteiger partial charge in [0, 0.05) is 6.04 Å². The van der Waals surface area contributed by atoms with E-state index >= 15 is 0 Å². The summed E-state index contributed by atoms with van der Waals surface area (Å²) in [4.78, 5) is 0. The van der Waals surface area contributed by atoms with Crippen molar-refractivity contribution < 1.29 is 0 Å². The van der Waals surface area contributed by atoms with E-state index in [1.165, 1.54) is 57.8 Å². The zero-order valence-electron chi connectivity index (χ0n) is 11.5. The second-order valence-corrected chi connectivity index (χ2v) is 5.07. The van der Waals surface area contributed by atoms with Crippen molar-refractivity contribution in [3.05, 3.63) is 0 Å². The Bertz CT molecular complexity index is 198. The van der Waals surface area contributed by atoms with Crippen molar-refractivity contribution in [2.24, 2.45) is 10.3 Å². The highest BCUT2D eigenvalue weighted by molar-refractivity contribution is 4.63. The minimum absolute atomic E-state index is 0.546. The van der Waals surface area contributed by atoms with E-state index in [-0.39, 0.29) is 0 Å². The molecule has 0 aromatic carbocycles. The summed E-state index contributed by atoms with van der Waals surface area (Å²) >= 11 is 0. The number of rotatable bonds is 10. The molecule has 4 heteroatoms. The number of nitrogens with one attached hydrogen (secondary N) is 1. The third-order valence-corrected chi connectivity index (χ3v) is 3.47. The molecular weight excluding hydrogens is 212 g/mol. The average molecular weight is 240 g/mol. The van der Waals surface area contributed by atoms with Crippen molar-refractivity contribution in [3.63, 3.8) is 0 Å². The van der Waals surface area contributed by atoms with Crippen LogP contribution in [0.2, 0.25) is 0 Å². The molecule has 0 radical (unpaired) electrons. The highest BCUT2D eigenvalue weighted by atomic mass is 15.8. The molecule has 0 saturated heterocycles. The number of hydrazine groups is 1. The first kappa shape index (κ1) is 14.4. The molecule has 1 rings (SSSR count). The van der Waals surface area contributed by atoms with Gasteiger partial charge in [-0.25, -0.2) is 5.53 Å². The molecule has 0 aromatic rings. The fourth-order valence-electron chi connectivity index (χ4n) is 2.19. The zero-order valence-corrected chi connectivity index (χ0v) is 11.5. The van der Waals surface area contributed by atoms with E-state index in [0.717, 1.165) is 0 Å². The summed E-state index contributed by atoms with van der Waals surface area (Å²) in [6.45, 7) is 5.22. The van der Waals surface area contributed by atoms with Crippen LogP contribution in [0.15, 0.2) is 10.3 Å². The summed E-state index contributed by atoms with van der Waals surface area (Å²) in [5.41, 5.74) is 2.92. The predicted octanol–water partition coefficient (Wildman–Crippen LogP) is 4.05. The van der Waals surface area contributed by atoms with Crippen LogP contribution in [0.3, 0.4) is 0 Å². The number of hydrogen-bond donors (Lipinski definition) is 1. The Morgan fingerprint density at radius 2 is 1.71 bits per heavy atom. The molecule has 0 saturated carbocycles. The van der Waals surface area contributed by atoms with Gasteiger partial charge < -0.3 is 0 Å². The van der Waals surface area contributed by atoms with Crippen LogP contribution in [0, 0.1) is 0 Å². The van der Waals surface area contributed by atoms with Crippen molar-refractivity contribution >= 4 is 0 Å². The highest BCUT2D eigenvalue weighted by Crippen LogP contribution is 2.13. The van der Waals surface area contributed by atoms with E-state index in [1.807, 2.05) is 0 Å². The maximum absolute atomic E-state index is 3.91. The van der Waals surface area contributed by atoms with Gasteiger partial charge in [-0.1, -0.05) is 63.5 Å². The first-order chi connectivity index (χ1) is 8.34. The van der Waals surface area contributed by atoms with Gasteiger partial charge >= 0.3 is 0 Å². The molecule has 4 nitrogen and oxygen atoms in total. The lowest BCUT2D eigenvalue weighted by Crippen LogP contribution is -2.37. The normalized spacial score (nSPS) is 17.3. The van der Waals surface area contributed by atoms with E-state index in [4.69, 9.17) is 0 Å². The summed E-state index contributed by atoms with van der Waals surface area (Å²) < 4.78 is 0. The smallest absolute Gasteiger partial charge is 0.133 e. The van der Waals surface area contributed by atoms with E-state index < -0.39 is 0 Å². The van der Waals surface area contributed by atoms with Crippen LogP contribution in [-0.4, -0.2) is 17.7 Å². The van der Waals surface area contributed by atoms with Gasteiger partial charge in [0.15, 0.2) is 0 Å². The molecule has 0 spiro atoms. The van der Waals surface area contributed by atoms with Crippen LogP contribution in [0.4, 0.5) is 0 Å². The maximum atomic E-state index is 3.91. The Balaban J connectivity index is 1.83. The van der Waals surface area contributed by atoms with Gasteiger partial charge in [-0.05, 0) is 13.3 Å². The standard InChI is InChI=1S/C13H28N4/c1-3-4-5-6-7-8-9-10-11-13(2)17-12-14-15-16-17/h13H,3-12H2,1-2H3,(H,14,16). The largest absolute Gasteiger partial charge is 0.220 e. The predicted molar refractivity (Wildman–Crippen MR) is 71.4 cm³/mol. The fourth-order valence-corrected chi connectivity index (χ4v) is 2.19. The summed E-state index contributed by atoms with van der Waals surface area (Å²) in [5.74, 6) is 0. The highest BCUT2D eigenvalue weighted by Gasteiger charge is 2.15. The van der Waals surface area contributed by atoms with Crippen molar-refractivity contribution in [2.45, 2.75) is 77.7 Å². The number of unbranched alkanes of at least 4 members (excludes halogenated alkanes) is 7. The molecule has 1 aliphatic rings. The molecule has 0 aliphatic carbocycles. The zero-order chi connectivity index (χ0) is 12.3. The Labute approximate surface area is 106 Å². The molecule has 1 atom stereocenters. The summed E-state index contributed by atoms with van der Waals surface area (Å²) in [6, 6.07) is 0.546. The molecule has 0 aromatic heterocycles. The Hall–Kier alpha value is -0.640. The molecular formula is C13H28N4. The lowest BCUT2D eigenvalue weighted by atomic mass is 10.1. The summed E-state index contributed by atoms with van der Waals surface area (Å²) in [7, 11) is 0. The van der Waals surface area contributed by atoms with Crippen LogP contribution >= 0.6 is 0 Å². The molecule has 1 heterocycles. The first-order valence-electron chi connectivity index (χ1n) is 7.23. The fraction of sp³-hybridized carbons (Fsp3) is 1.00. The Kier molecular flexibility index (Phi) is 7.97. The van der Waals surface area contributed by atoms with Gasteiger partial charge in [-0.15, -0.1) is 0 Å². The van der Waals surface area contributed by atoms with Gasteiger partial charge in [0.05, 0.1) is 0 Å². The molecule has 0 fully saturated rings. The molecule has 100 valence electrons. The minimum atomic E-state index is 0.546. The first-order valence-corrected chi connectivity index (χ1v) is 7.23. The molecule has 0 amide bonds. The number of nitrogens with zero attached hydrogens (tertiary/aromatic N) is 3. The van der Waals surface area contributed by atoms with E-state index in [2.05, 4.69) is 34.7 Å². The van der Waals surface area contributed by atoms with E-state index in [9.17, 15) is 0 Å². The molecule has 1 aliphatic heterocycles. The van der Waals surface area contributed by atoms with Crippen molar-refractivity contribution in [1.29, 1.82) is 0 Å². The van der Waals surface area contributed by atoms with Gasteiger partial charge in [0.25, 0.3) is 0 Å². The van der Waals surface area contributed by atoms with Crippen LogP contribution < -0.4 is 5.53 Å². The Morgan fingerprint density at radius 3 is 2.29 bits per heavy atom. The van der Waals surface area contributed by atoms with Crippen molar-refractivity contribution in [2.75, 3.05) is 6.67 Å². The lowest BCUT2D eigenvalue weighted by molar-refractivity contribution is 0.163. The van der Waals surface area contributed by atoms with E-state index in [1.54, 1.807) is 0 Å². The third-order valence-electron chi connectivity index (χ3n) is 3.47. The summed E-state index contributed by atoms with van der Waals surface area (Å²) in [5, 5.41) is 9.78. The molecule has 17 heavy (non-hydrogen) atoms. The maximum Gasteiger partial charge on any atom is 0.133 e. The SMILES string of the molecule is CCCCCCCCCCC(C)N1CN=NN1. The summed E-state index contributed by atoms with van der Waals surface area (Å²) in [6.07, 6.45) is 12.4. The van der Waals surface area contributed by atoms with Crippen LogP contribution in [-0.2, 0) is 0 Å². The van der Waals surface area contributed by atoms with Gasteiger partial charge in [-0.3, -0.25) is 0 Å². The van der Waals surface area contributed by atoms with Gasteiger partial charge in [-0.2, -0.15) is 10.1 Å². The van der Waals surface area contributed by atoms with Crippen LogP contribution in [0.1, 0.15) is 71.6 Å². The van der Waals surface area contributed by atoms with Crippen LogP contribution in [0.5, 0.6) is 0 Å². The van der Waals surface area contributed by atoms with Crippen LogP contribution in [0.25, 0.3) is 0 Å². The molecule has 1 N–H and O–H groups in total. The third kappa shape index (κ3) is 6.61. The van der Waals surface area contributed by atoms with Gasteiger partial charge in [0.2, 0.25) is 0 Å². The quantitative estimate of drug-likeness (QED) is 0.585. The van der Waals surface area contributed by atoms with Gasteiger partial charge in [0.1, 0.15) is 6.67 Å². The minimum Gasteiger partial charge on any atom is -0.220 e. The second kappa shape index (κ2) is 9.40. The second-order valence-electron chi connectivity index (χ2n) is 5.07. The number of hydrogen-bond acceptors (Lipinski definition) is 4. The van der Waals surface area contributed by atoms with Crippen molar-refractivity contribution in [1.82, 2.24) is 10.5 Å². The lowest BCUT2D eigenvalue weighted by Gasteiger charge is -2.20. The average Bonchev–Trinajstić information content (AvgIpc) is 2.86. The molecule has 0 bridgehead atoms. The topological polar surface area (TPSA) is 40.0 Å². The monoisotopic (exact) mass is 240 g/mol. The Morgan fingerprint density at radius 1 is 1.06 bits per heavy atom. The van der Waals surface area contributed by atoms with E-state index in [0.29, 0.717) is 12.7 Å². The molecule has 1 unspecified atom stereocenters. The van der Waals surface area contributed by atoms with Crippen molar-refractivity contribution in [3.8, 4) is 0 Å².